The Morgan fingerprint density at radius 3 is 2.33 bits per heavy atom. The number of thioether (sulfide) groups is 1. The normalized spacial score (nSPS) is 11.8. The molecule has 0 saturated carbocycles. The molecule has 1 atom stereocenters. The number of halogens is 5. The molecule has 0 aliphatic heterocycles. The van der Waals surface area contributed by atoms with E-state index < -0.39 is 46.7 Å². The number of nitrogens with one attached hydrogen (secondary N) is 2. The highest BCUT2D eigenvalue weighted by molar-refractivity contribution is 8.00. The van der Waals surface area contributed by atoms with Crippen LogP contribution in [-0.4, -0.2) is 23.6 Å². The molecule has 0 heterocycles. The maximum Gasteiger partial charge on any atom is 0.243 e. The van der Waals surface area contributed by atoms with Gasteiger partial charge in [0.05, 0.1) is 27.5 Å². The molecular formula is C17H13Cl2F3N2O2S. The van der Waals surface area contributed by atoms with E-state index in [1.807, 2.05) is 0 Å². The zero-order valence-electron chi connectivity index (χ0n) is 13.8. The van der Waals surface area contributed by atoms with E-state index in [-0.39, 0.29) is 0 Å². The predicted molar refractivity (Wildman–Crippen MR) is 99.7 cm³/mol. The van der Waals surface area contributed by atoms with Gasteiger partial charge in [0.15, 0.2) is 17.5 Å². The van der Waals surface area contributed by atoms with Crippen LogP contribution in [-0.2, 0) is 9.59 Å². The largest absolute Gasteiger partial charge is 0.346 e. The van der Waals surface area contributed by atoms with Gasteiger partial charge in [-0.25, -0.2) is 13.2 Å². The Morgan fingerprint density at radius 1 is 1.07 bits per heavy atom. The van der Waals surface area contributed by atoms with E-state index >= 15 is 0 Å². The molecule has 4 nitrogen and oxygen atoms in total. The molecule has 0 radical (unpaired) electrons. The lowest BCUT2D eigenvalue weighted by molar-refractivity contribution is -0.123. The number of rotatable bonds is 6. The Morgan fingerprint density at radius 2 is 1.70 bits per heavy atom. The maximum atomic E-state index is 13.5. The van der Waals surface area contributed by atoms with Crippen LogP contribution in [0.1, 0.15) is 6.92 Å². The minimum Gasteiger partial charge on any atom is -0.346 e. The minimum atomic E-state index is -1.70. The first-order chi connectivity index (χ1) is 12.7. The van der Waals surface area contributed by atoms with E-state index in [0.717, 1.165) is 17.8 Å². The highest BCUT2D eigenvalue weighted by atomic mass is 35.5. The van der Waals surface area contributed by atoms with Crippen molar-refractivity contribution in [3.8, 4) is 0 Å². The summed E-state index contributed by atoms with van der Waals surface area (Å²) in [6.45, 7) is 1.10. The highest BCUT2D eigenvalue weighted by Crippen LogP contribution is 2.36. The summed E-state index contributed by atoms with van der Waals surface area (Å²) in [6.07, 6.45) is 0. The summed E-state index contributed by atoms with van der Waals surface area (Å²) in [5.41, 5.74) is -0.529. The average molecular weight is 437 g/mol. The third kappa shape index (κ3) is 5.54. The van der Waals surface area contributed by atoms with Crippen molar-refractivity contribution in [3.63, 3.8) is 0 Å². The van der Waals surface area contributed by atoms with Gasteiger partial charge in [0, 0.05) is 4.90 Å². The van der Waals surface area contributed by atoms with Crippen LogP contribution in [0.25, 0.3) is 0 Å². The van der Waals surface area contributed by atoms with Crippen molar-refractivity contribution < 1.29 is 22.8 Å². The molecule has 27 heavy (non-hydrogen) atoms. The summed E-state index contributed by atoms with van der Waals surface area (Å²) in [4.78, 5) is 24.4. The van der Waals surface area contributed by atoms with Gasteiger partial charge in [0.2, 0.25) is 11.8 Å². The third-order valence-corrected chi connectivity index (χ3v) is 5.41. The fraction of sp³-hybridized carbons (Fsp3) is 0.176. The van der Waals surface area contributed by atoms with Gasteiger partial charge >= 0.3 is 0 Å². The molecule has 2 N–H and O–H groups in total. The minimum absolute atomic E-state index is 0.388. The summed E-state index contributed by atoms with van der Waals surface area (Å²) in [5, 5.41) is 4.56. The zero-order valence-corrected chi connectivity index (χ0v) is 16.1. The van der Waals surface area contributed by atoms with Gasteiger partial charge in [-0.1, -0.05) is 29.3 Å². The third-order valence-electron chi connectivity index (χ3n) is 3.32. The summed E-state index contributed by atoms with van der Waals surface area (Å²) in [6, 6.07) is 6.49. The molecule has 2 rings (SSSR count). The molecule has 0 aliphatic rings. The number of carbonyl (C=O) groups is 2. The molecule has 0 unspecified atom stereocenters. The van der Waals surface area contributed by atoms with Gasteiger partial charge in [-0.15, -0.1) is 11.8 Å². The fourth-order valence-electron chi connectivity index (χ4n) is 1.95. The van der Waals surface area contributed by atoms with Crippen molar-refractivity contribution in [2.45, 2.75) is 17.1 Å². The second-order valence-electron chi connectivity index (χ2n) is 5.30. The van der Waals surface area contributed by atoms with Crippen molar-refractivity contribution in [2.24, 2.45) is 0 Å². The van der Waals surface area contributed by atoms with Gasteiger partial charge in [0.1, 0.15) is 0 Å². The Labute approximate surface area is 167 Å². The average Bonchev–Trinajstić information content (AvgIpc) is 2.63. The lowest BCUT2D eigenvalue weighted by Crippen LogP contribution is -2.37. The van der Waals surface area contributed by atoms with Crippen molar-refractivity contribution >= 4 is 52.5 Å². The van der Waals surface area contributed by atoms with Crippen molar-refractivity contribution in [3.05, 3.63) is 57.8 Å². The molecule has 2 aromatic carbocycles. The number of anilines is 1. The van der Waals surface area contributed by atoms with Crippen LogP contribution in [0.15, 0.2) is 35.2 Å². The smallest absolute Gasteiger partial charge is 0.243 e. The summed E-state index contributed by atoms with van der Waals surface area (Å²) >= 11 is 13.2. The van der Waals surface area contributed by atoms with Gasteiger partial charge < -0.3 is 10.6 Å². The first kappa shape index (κ1) is 21.4. The zero-order chi connectivity index (χ0) is 20.1. The monoisotopic (exact) mass is 436 g/mol. The van der Waals surface area contributed by atoms with Crippen LogP contribution in [0, 0.1) is 17.5 Å². The second-order valence-corrected chi connectivity index (χ2v) is 7.47. The number of hydrogen-bond donors (Lipinski definition) is 2. The molecule has 10 heteroatoms. The molecule has 0 spiro atoms. The summed E-state index contributed by atoms with van der Waals surface area (Å²) in [5.74, 6) is -5.88. The van der Waals surface area contributed by atoms with Gasteiger partial charge in [-0.3, -0.25) is 9.59 Å². The fourth-order valence-corrected chi connectivity index (χ4v) is 3.52. The van der Waals surface area contributed by atoms with E-state index in [1.54, 1.807) is 25.1 Å². The Balaban J connectivity index is 1.91. The predicted octanol–water partition coefficient (Wildman–Crippen LogP) is 4.65. The maximum absolute atomic E-state index is 13.5. The van der Waals surface area contributed by atoms with Gasteiger partial charge in [-0.05, 0) is 31.2 Å². The van der Waals surface area contributed by atoms with Crippen molar-refractivity contribution in [1.82, 2.24) is 5.32 Å². The van der Waals surface area contributed by atoms with Crippen LogP contribution >= 0.6 is 35.0 Å². The van der Waals surface area contributed by atoms with E-state index in [4.69, 9.17) is 23.2 Å². The highest BCUT2D eigenvalue weighted by Gasteiger charge is 2.19. The number of carbonyl (C=O) groups excluding carboxylic acids is 2. The quantitative estimate of drug-likeness (QED) is 0.511. The van der Waals surface area contributed by atoms with Crippen LogP contribution < -0.4 is 10.6 Å². The Kier molecular flexibility index (Phi) is 7.41. The first-order valence-corrected chi connectivity index (χ1v) is 9.16. The summed E-state index contributed by atoms with van der Waals surface area (Å²) in [7, 11) is 0. The SMILES string of the molecule is C[C@H](Sc1c(Cl)cccc1Cl)C(=O)NCC(=O)Nc1ccc(F)c(F)c1F. The lowest BCUT2D eigenvalue weighted by Gasteiger charge is -2.14. The van der Waals surface area contributed by atoms with E-state index in [0.29, 0.717) is 21.0 Å². The standard InChI is InChI=1S/C17H13Cl2F3N2O2S/c1-8(27-16-9(18)3-2-4-10(16)19)17(26)23-7-13(25)24-12-6-5-11(20)14(21)15(12)22/h2-6,8H,7H2,1H3,(H,23,26)(H,24,25)/t8-/m0/s1. The van der Waals surface area contributed by atoms with Gasteiger partial charge in [-0.2, -0.15) is 0 Å². The molecule has 0 aliphatic carbocycles. The molecule has 0 aromatic heterocycles. The lowest BCUT2D eigenvalue weighted by atomic mass is 10.2. The molecular weight excluding hydrogens is 424 g/mol. The van der Waals surface area contributed by atoms with Crippen LogP contribution in [0.4, 0.5) is 18.9 Å². The molecule has 2 aromatic rings. The topological polar surface area (TPSA) is 58.2 Å². The number of hydrogen-bond acceptors (Lipinski definition) is 3. The van der Waals surface area contributed by atoms with Crippen molar-refractivity contribution in [1.29, 1.82) is 0 Å². The van der Waals surface area contributed by atoms with E-state index in [2.05, 4.69) is 10.6 Å². The van der Waals surface area contributed by atoms with Crippen LogP contribution in [0.2, 0.25) is 10.0 Å². The first-order valence-electron chi connectivity index (χ1n) is 7.52. The summed E-state index contributed by atoms with van der Waals surface area (Å²) < 4.78 is 39.5. The number of benzene rings is 2. The van der Waals surface area contributed by atoms with E-state index in [1.165, 1.54) is 0 Å². The Hall–Kier alpha value is -1.90. The van der Waals surface area contributed by atoms with Crippen LogP contribution in [0.3, 0.4) is 0 Å². The molecule has 0 fully saturated rings. The Bertz CT molecular complexity index is 863. The molecule has 2 amide bonds. The second kappa shape index (κ2) is 9.34. The van der Waals surface area contributed by atoms with Gasteiger partial charge in [0.25, 0.3) is 0 Å². The van der Waals surface area contributed by atoms with Crippen LogP contribution in [0.5, 0.6) is 0 Å². The molecule has 144 valence electrons. The molecule has 0 bridgehead atoms. The number of amides is 2. The molecule has 0 saturated heterocycles. The van der Waals surface area contributed by atoms with E-state index in [9.17, 15) is 22.8 Å². The van der Waals surface area contributed by atoms with Crippen molar-refractivity contribution in [2.75, 3.05) is 11.9 Å².